The number of hydrogen-bond acceptors (Lipinski definition) is 4. The Labute approximate surface area is 164 Å². The van der Waals surface area contributed by atoms with Crippen LogP contribution in [-0.4, -0.2) is 35.6 Å². The van der Waals surface area contributed by atoms with Crippen LogP contribution in [0.1, 0.15) is 18.4 Å². The summed E-state index contributed by atoms with van der Waals surface area (Å²) in [6, 6.07) is 15.7. The molecule has 0 aliphatic heterocycles. The number of benzene rings is 2. The van der Waals surface area contributed by atoms with Gasteiger partial charge >= 0.3 is 0 Å². The summed E-state index contributed by atoms with van der Waals surface area (Å²) in [7, 11) is 2.04. The number of nitrogens with one attached hydrogen (secondary N) is 1. The summed E-state index contributed by atoms with van der Waals surface area (Å²) < 4.78 is 1.50. The highest BCUT2D eigenvalue weighted by Crippen LogP contribution is 2.12. The fourth-order valence-electron chi connectivity index (χ4n) is 3.16. The third kappa shape index (κ3) is 4.76. The van der Waals surface area contributed by atoms with Gasteiger partial charge < -0.3 is 10.2 Å². The number of carbonyl (C=O) groups excluding carboxylic acids is 1. The minimum Gasteiger partial charge on any atom is -0.375 e. The fraction of sp³-hybridized carbons (Fsp3) is 0.318. The van der Waals surface area contributed by atoms with Gasteiger partial charge in [0.2, 0.25) is 5.91 Å². The molecule has 0 aliphatic rings. The lowest BCUT2D eigenvalue weighted by Gasteiger charge is -2.19. The summed E-state index contributed by atoms with van der Waals surface area (Å²) >= 11 is 0. The lowest BCUT2D eigenvalue weighted by molar-refractivity contribution is -0.121. The molecule has 0 aliphatic carbocycles. The van der Waals surface area contributed by atoms with Crippen molar-refractivity contribution in [3.05, 3.63) is 70.8 Å². The minimum atomic E-state index is -0.106. The lowest BCUT2D eigenvalue weighted by atomic mass is 10.1. The molecule has 2 aromatic carbocycles. The summed E-state index contributed by atoms with van der Waals surface area (Å²) in [6.45, 7) is 3.73. The molecule has 1 heterocycles. The minimum absolute atomic E-state index is 0.0568. The van der Waals surface area contributed by atoms with E-state index in [1.165, 1.54) is 10.9 Å². The van der Waals surface area contributed by atoms with Crippen molar-refractivity contribution >= 4 is 22.5 Å². The topological polar surface area (TPSA) is 67.2 Å². The summed E-state index contributed by atoms with van der Waals surface area (Å²) in [5, 5.41) is 3.51. The summed E-state index contributed by atoms with van der Waals surface area (Å²) in [4.78, 5) is 31.2. The van der Waals surface area contributed by atoms with Gasteiger partial charge in [-0.3, -0.25) is 14.2 Å². The molecule has 0 fully saturated rings. The molecular formula is C22H26N4O2. The molecule has 0 radical (unpaired) electrons. The number of fused-ring (bicyclic) bond motifs is 1. The Bertz CT molecular complexity index is 998. The molecule has 0 atom stereocenters. The Hall–Kier alpha value is -3.15. The van der Waals surface area contributed by atoms with E-state index in [0.717, 1.165) is 29.7 Å². The zero-order valence-electron chi connectivity index (χ0n) is 16.4. The van der Waals surface area contributed by atoms with Gasteiger partial charge in [0.05, 0.1) is 17.2 Å². The van der Waals surface area contributed by atoms with Crippen LogP contribution in [0.4, 0.5) is 5.69 Å². The smallest absolute Gasteiger partial charge is 0.261 e. The first-order valence-electron chi connectivity index (χ1n) is 9.54. The number of hydrogen-bond donors (Lipinski definition) is 1. The molecular weight excluding hydrogens is 352 g/mol. The van der Waals surface area contributed by atoms with Gasteiger partial charge in [-0.15, -0.1) is 0 Å². The van der Waals surface area contributed by atoms with Crippen LogP contribution < -0.4 is 15.8 Å². The molecule has 28 heavy (non-hydrogen) atoms. The van der Waals surface area contributed by atoms with Gasteiger partial charge in [-0.1, -0.05) is 30.3 Å². The van der Waals surface area contributed by atoms with E-state index in [-0.39, 0.29) is 17.9 Å². The molecule has 1 amide bonds. The van der Waals surface area contributed by atoms with Crippen LogP contribution in [0.25, 0.3) is 10.9 Å². The molecule has 3 rings (SSSR count). The average molecular weight is 378 g/mol. The van der Waals surface area contributed by atoms with Crippen molar-refractivity contribution in [2.45, 2.75) is 26.3 Å². The second-order valence-electron chi connectivity index (χ2n) is 6.92. The van der Waals surface area contributed by atoms with Gasteiger partial charge in [-0.2, -0.15) is 0 Å². The first kappa shape index (κ1) is 19.6. The molecule has 0 saturated carbocycles. The molecule has 0 bridgehead atoms. The van der Waals surface area contributed by atoms with Gasteiger partial charge in [0.15, 0.2) is 0 Å². The first-order valence-corrected chi connectivity index (χ1v) is 9.54. The van der Waals surface area contributed by atoms with Crippen LogP contribution in [0.15, 0.2) is 59.7 Å². The van der Waals surface area contributed by atoms with E-state index < -0.39 is 0 Å². The van der Waals surface area contributed by atoms with Crippen molar-refractivity contribution < 1.29 is 4.79 Å². The van der Waals surface area contributed by atoms with Crippen molar-refractivity contribution in [1.29, 1.82) is 0 Å². The first-order chi connectivity index (χ1) is 13.6. The van der Waals surface area contributed by atoms with E-state index in [1.54, 1.807) is 6.07 Å². The molecule has 3 aromatic rings. The predicted molar refractivity (Wildman–Crippen MR) is 113 cm³/mol. The molecule has 0 unspecified atom stereocenters. The largest absolute Gasteiger partial charge is 0.375 e. The monoisotopic (exact) mass is 378 g/mol. The van der Waals surface area contributed by atoms with E-state index >= 15 is 0 Å². The number of para-hydroxylation sites is 2. The standard InChI is InChI=1S/C22H26N4O2/c1-17-8-6-11-19-21(17)24-16-26(22(19)28)15-12-20(27)23-13-7-14-25(2)18-9-4-3-5-10-18/h3-6,8-11,16H,7,12-15H2,1-2H3,(H,23,27). The highest BCUT2D eigenvalue weighted by Gasteiger charge is 2.08. The quantitative estimate of drug-likeness (QED) is 0.612. The summed E-state index contributed by atoms with van der Waals surface area (Å²) in [6.07, 6.45) is 2.64. The molecule has 0 saturated heterocycles. The van der Waals surface area contributed by atoms with Gasteiger partial charge in [0, 0.05) is 38.8 Å². The number of aromatic nitrogens is 2. The van der Waals surface area contributed by atoms with Crippen molar-refractivity contribution in [2.75, 3.05) is 25.0 Å². The molecule has 6 nitrogen and oxygen atoms in total. The van der Waals surface area contributed by atoms with E-state index in [1.807, 2.05) is 44.3 Å². The Morgan fingerprint density at radius 2 is 1.93 bits per heavy atom. The van der Waals surface area contributed by atoms with Crippen LogP contribution in [0, 0.1) is 6.92 Å². The average Bonchev–Trinajstić information content (AvgIpc) is 2.72. The van der Waals surface area contributed by atoms with Gasteiger partial charge in [0.1, 0.15) is 0 Å². The summed E-state index contributed by atoms with van der Waals surface area (Å²) in [5.74, 6) is -0.0568. The zero-order chi connectivity index (χ0) is 19.9. The molecule has 146 valence electrons. The lowest BCUT2D eigenvalue weighted by Crippen LogP contribution is -2.30. The number of amides is 1. The Morgan fingerprint density at radius 1 is 1.14 bits per heavy atom. The van der Waals surface area contributed by atoms with Crippen molar-refractivity contribution in [1.82, 2.24) is 14.9 Å². The SMILES string of the molecule is Cc1cccc2c(=O)n(CCC(=O)NCCCN(C)c3ccccc3)cnc12. The second-order valence-corrected chi connectivity index (χ2v) is 6.92. The highest BCUT2D eigenvalue weighted by molar-refractivity contribution is 5.80. The van der Waals surface area contributed by atoms with Gasteiger partial charge in [-0.25, -0.2) is 4.98 Å². The highest BCUT2D eigenvalue weighted by atomic mass is 16.1. The van der Waals surface area contributed by atoms with Crippen LogP contribution >= 0.6 is 0 Å². The number of anilines is 1. The van der Waals surface area contributed by atoms with Crippen LogP contribution in [0.3, 0.4) is 0 Å². The second kappa shape index (κ2) is 9.17. The van der Waals surface area contributed by atoms with Crippen LogP contribution in [0.5, 0.6) is 0 Å². The zero-order valence-corrected chi connectivity index (χ0v) is 16.4. The van der Waals surface area contributed by atoms with Gasteiger partial charge in [0.25, 0.3) is 5.56 Å². The van der Waals surface area contributed by atoms with Crippen LogP contribution in [0.2, 0.25) is 0 Å². The van der Waals surface area contributed by atoms with E-state index in [9.17, 15) is 9.59 Å². The summed E-state index contributed by atoms with van der Waals surface area (Å²) in [5.41, 5.74) is 2.74. The fourth-order valence-corrected chi connectivity index (χ4v) is 3.16. The van der Waals surface area contributed by atoms with Gasteiger partial charge in [-0.05, 0) is 37.1 Å². The molecule has 1 aromatic heterocycles. The molecule has 1 N–H and O–H groups in total. The van der Waals surface area contributed by atoms with Crippen molar-refractivity contribution in [3.8, 4) is 0 Å². The molecule has 0 spiro atoms. The number of aryl methyl sites for hydroxylation is 2. The number of carbonyl (C=O) groups is 1. The Kier molecular flexibility index (Phi) is 6.42. The van der Waals surface area contributed by atoms with E-state index in [0.29, 0.717) is 18.5 Å². The third-order valence-corrected chi connectivity index (χ3v) is 4.82. The van der Waals surface area contributed by atoms with Crippen molar-refractivity contribution in [2.24, 2.45) is 0 Å². The third-order valence-electron chi connectivity index (χ3n) is 4.82. The maximum atomic E-state index is 12.5. The van der Waals surface area contributed by atoms with E-state index in [4.69, 9.17) is 0 Å². The van der Waals surface area contributed by atoms with Crippen LogP contribution in [-0.2, 0) is 11.3 Å². The maximum Gasteiger partial charge on any atom is 0.261 e. The number of nitrogens with zero attached hydrogens (tertiary/aromatic N) is 3. The van der Waals surface area contributed by atoms with Crippen molar-refractivity contribution in [3.63, 3.8) is 0 Å². The van der Waals surface area contributed by atoms with E-state index in [2.05, 4.69) is 27.3 Å². The predicted octanol–water partition coefficient (Wildman–Crippen LogP) is 2.74. The molecule has 6 heteroatoms. The number of rotatable bonds is 8. The maximum absolute atomic E-state index is 12.5. The normalized spacial score (nSPS) is 10.8. The Balaban J connectivity index is 1.45. The Morgan fingerprint density at radius 3 is 2.71 bits per heavy atom.